The van der Waals surface area contributed by atoms with Crippen LogP contribution in [-0.2, 0) is 0 Å². The minimum absolute atomic E-state index is 0.582. The predicted octanol–water partition coefficient (Wildman–Crippen LogP) is 3.23. The van der Waals surface area contributed by atoms with Crippen LogP contribution in [-0.4, -0.2) is 17.2 Å². The van der Waals surface area contributed by atoms with Gasteiger partial charge in [0, 0.05) is 12.3 Å². The summed E-state index contributed by atoms with van der Waals surface area (Å²) in [5, 5.41) is 10.2. The first-order chi connectivity index (χ1) is 9.20. The third kappa shape index (κ3) is 3.42. The van der Waals surface area contributed by atoms with Gasteiger partial charge in [0.2, 0.25) is 5.88 Å². The minimum Gasteiger partial charge on any atom is -0.481 e. The van der Waals surface area contributed by atoms with Crippen LogP contribution in [0.4, 0.5) is 0 Å². The lowest BCUT2D eigenvalue weighted by Crippen LogP contribution is -1.98. The van der Waals surface area contributed by atoms with E-state index in [9.17, 15) is 5.11 Å². The first-order valence-corrected chi connectivity index (χ1v) is 6.12. The molecule has 1 aromatic heterocycles. The number of hydrogen-bond donors (Lipinski definition) is 1. The van der Waals surface area contributed by atoms with E-state index in [0.717, 1.165) is 16.7 Å². The second-order valence-electron chi connectivity index (χ2n) is 4.34. The minimum atomic E-state index is -0.594. The average molecular weight is 255 g/mol. The van der Waals surface area contributed by atoms with E-state index in [2.05, 4.69) is 4.98 Å². The van der Waals surface area contributed by atoms with Gasteiger partial charge in [-0.25, -0.2) is 4.98 Å². The number of pyridine rings is 1. The molecule has 0 bridgehead atoms. The standard InChI is InChI=1S/C16H17NO2/c1-12(16(18)14-6-4-3-5-7-14)10-13-8-9-15(19-2)17-11-13/h3-11,16,18H,1-2H3/b12-10+/t16-/m1/s1. The zero-order valence-electron chi connectivity index (χ0n) is 11.1. The van der Waals surface area contributed by atoms with Crippen molar-refractivity contribution in [1.29, 1.82) is 0 Å². The Labute approximate surface area is 113 Å². The van der Waals surface area contributed by atoms with E-state index in [1.807, 2.05) is 49.4 Å². The molecule has 0 fully saturated rings. The lowest BCUT2D eigenvalue weighted by molar-refractivity contribution is 0.217. The number of hydrogen-bond acceptors (Lipinski definition) is 3. The molecular formula is C16H17NO2. The third-order valence-electron chi connectivity index (χ3n) is 2.91. The van der Waals surface area contributed by atoms with E-state index in [0.29, 0.717) is 5.88 Å². The molecule has 1 aromatic carbocycles. The van der Waals surface area contributed by atoms with Crippen molar-refractivity contribution in [2.24, 2.45) is 0 Å². The molecule has 1 N–H and O–H groups in total. The number of aliphatic hydroxyl groups excluding tert-OH is 1. The zero-order chi connectivity index (χ0) is 13.7. The molecule has 0 spiro atoms. The Morgan fingerprint density at radius 3 is 2.53 bits per heavy atom. The number of rotatable bonds is 4. The SMILES string of the molecule is COc1ccc(/C=C(\C)[C@@H](O)c2ccccc2)cn1. The maximum absolute atomic E-state index is 10.2. The van der Waals surface area contributed by atoms with Crippen LogP contribution in [0.15, 0.2) is 54.2 Å². The molecule has 3 heteroatoms. The molecule has 0 aliphatic heterocycles. The molecule has 1 atom stereocenters. The zero-order valence-corrected chi connectivity index (χ0v) is 11.1. The summed E-state index contributed by atoms with van der Waals surface area (Å²) in [6, 6.07) is 13.3. The summed E-state index contributed by atoms with van der Waals surface area (Å²) in [5.41, 5.74) is 2.70. The molecular weight excluding hydrogens is 238 g/mol. The number of methoxy groups -OCH3 is 1. The van der Waals surface area contributed by atoms with Gasteiger partial charge in [0.25, 0.3) is 0 Å². The molecule has 19 heavy (non-hydrogen) atoms. The largest absolute Gasteiger partial charge is 0.481 e. The van der Waals surface area contributed by atoms with Gasteiger partial charge >= 0.3 is 0 Å². The smallest absolute Gasteiger partial charge is 0.212 e. The van der Waals surface area contributed by atoms with E-state index in [4.69, 9.17) is 4.74 Å². The number of aliphatic hydroxyl groups is 1. The van der Waals surface area contributed by atoms with Gasteiger partial charge in [-0.3, -0.25) is 0 Å². The summed E-state index contributed by atoms with van der Waals surface area (Å²) in [6.45, 7) is 1.90. The molecule has 2 rings (SSSR count). The number of ether oxygens (including phenoxy) is 1. The van der Waals surface area contributed by atoms with Gasteiger partial charge in [-0.05, 0) is 29.7 Å². The van der Waals surface area contributed by atoms with Crippen LogP contribution in [0.1, 0.15) is 24.2 Å². The summed E-state index contributed by atoms with van der Waals surface area (Å²) in [4.78, 5) is 4.13. The number of nitrogens with zero attached hydrogens (tertiary/aromatic N) is 1. The highest BCUT2D eigenvalue weighted by Crippen LogP contribution is 2.23. The highest BCUT2D eigenvalue weighted by Gasteiger charge is 2.08. The lowest BCUT2D eigenvalue weighted by atomic mass is 10.0. The summed E-state index contributed by atoms with van der Waals surface area (Å²) in [5.74, 6) is 0.582. The van der Waals surface area contributed by atoms with Crippen LogP contribution in [0.3, 0.4) is 0 Å². The maximum atomic E-state index is 10.2. The Bertz CT molecular complexity index is 547. The van der Waals surface area contributed by atoms with Crippen molar-refractivity contribution < 1.29 is 9.84 Å². The monoisotopic (exact) mass is 255 g/mol. The molecule has 0 radical (unpaired) electrons. The van der Waals surface area contributed by atoms with Crippen molar-refractivity contribution in [2.45, 2.75) is 13.0 Å². The normalized spacial score (nSPS) is 13.1. The Hall–Kier alpha value is -2.13. The van der Waals surface area contributed by atoms with Crippen molar-refractivity contribution >= 4 is 6.08 Å². The van der Waals surface area contributed by atoms with E-state index in [-0.39, 0.29) is 0 Å². The van der Waals surface area contributed by atoms with E-state index in [1.165, 1.54) is 0 Å². The van der Waals surface area contributed by atoms with E-state index < -0.39 is 6.10 Å². The Kier molecular flexibility index (Phi) is 4.31. The van der Waals surface area contributed by atoms with Crippen LogP contribution in [0.25, 0.3) is 6.08 Å². The molecule has 0 aliphatic rings. The van der Waals surface area contributed by atoms with Crippen LogP contribution in [0.5, 0.6) is 5.88 Å². The van der Waals surface area contributed by atoms with Crippen LogP contribution in [0.2, 0.25) is 0 Å². The van der Waals surface area contributed by atoms with Gasteiger partial charge in [0.15, 0.2) is 0 Å². The number of benzene rings is 1. The molecule has 2 aromatic rings. The average Bonchev–Trinajstić information content (AvgIpc) is 2.48. The van der Waals surface area contributed by atoms with Gasteiger partial charge in [0.05, 0.1) is 7.11 Å². The summed E-state index contributed by atoms with van der Waals surface area (Å²) < 4.78 is 5.01. The van der Waals surface area contributed by atoms with Gasteiger partial charge in [-0.1, -0.05) is 36.4 Å². The topological polar surface area (TPSA) is 42.4 Å². The van der Waals surface area contributed by atoms with Gasteiger partial charge in [0.1, 0.15) is 6.10 Å². The first kappa shape index (κ1) is 13.3. The molecule has 98 valence electrons. The molecule has 0 unspecified atom stereocenters. The number of aromatic nitrogens is 1. The fourth-order valence-electron chi connectivity index (χ4n) is 1.84. The molecule has 0 saturated heterocycles. The Morgan fingerprint density at radius 2 is 1.95 bits per heavy atom. The van der Waals surface area contributed by atoms with Gasteiger partial charge in [-0.15, -0.1) is 0 Å². The quantitative estimate of drug-likeness (QED) is 0.912. The highest BCUT2D eigenvalue weighted by molar-refractivity contribution is 5.53. The molecule has 0 amide bonds. The molecule has 1 heterocycles. The fraction of sp³-hybridized carbons (Fsp3) is 0.188. The maximum Gasteiger partial charge on any atom is 0.212 e. The van der Waals surface area contributed by atoms with Crippen molar-refractivity contribution in [3.8, 4) is 5.88 Å². The van der Waals surface area contributed by atoms with Crippen molar-refractivity contribution in [3.63, 3.8) is 0 Å². The highest BCUT2D eigenvalue weighted by atomic mass is 16.5. The van der Waals surface area contributed by atoms with Crippen LogP contribution >= 0.6 is 0 Å². The van der Waals surface area contributed by atoms with Crippen molar-refractivity contribution in [2.75, 3.05) is 7.11 Å². The van der Waals surface area contributed by atoms with Gasteiger partial charge < -0.3 is 9.84 Å². The summed E-state index contributed by atoms with van der Waals surface area (Å²) >= 11 is 0. The summed E-state index contributed by atoms with van der Waals surface area (Å²) in [7, 11) is 1.59. The predicted molar refractivity (Wildman–Crippen MR) is 75.8 cm³/mol. The first-order valence-electron chi connectivity index (χ1n) is 6.12. The van der Waals surface area contributed by atoms with Crippen molar-refractivity contribution in [1.82, 2.24) is 4.98 Å². The van der Waals surface area contributed by atoms with E-state index in [1.54, 1.807) is 19.4 Å². The summed E-state index contributed by atoms with van der Waals surface area (Å²) in [6.07, 6.45) is 3.05. The second-order valence-corrected chi connectivity index (χ2v) is 4.34. The molecule has 0 saturated carbocycles. The van der Waals surface area contributed by atoms with Crippen molar-refractivity contribution in [3.05, 3.63) is 65.4 Å². The molecule has 0 aliphatic carbocycles. The lowest BCUT2D eigenvalue weighted by Gasteiger charge is -2.11. The second kappa shape index (κ2) is 6.16. The Morgan fingerprint density at radius 1 is 1.21 bits per heavy atom. The fourth-order valence-corrected chi connectivity index (χ4v) is 1.84. The van der Waals surface area contributed by atoms with Crippen LogP contribution in [0, 0.1) is 0 Å². The van der Waals surface area contributed by atoms with Crippen LogP contribution < -0.4 is 4.74 Å². The molecule has 3 nitrogen and oxygen atoms in total. The van der Waals surface area contributed by atoms with E-state index >= 15 is 0 Å². The van der Waals surface area contributed by atoms with Gasteiger partial charge in [-0.2, -0.15) is 0 Å². The Balaban J connectivity index is 2.18. The third-order valence-corrected chi connectivity index (χ3v) is 2.91.